The molecule has 0 heterocycles. The van der Waals surface area contributed by atoms with Gasteiger partial charge in [0.15, 0.2) is 0 Å². The van der Waals surface area contributed by atoms with Crippen molar-refractivity contribution >= 4 is 40.9 Å². The molecule has 0 spiro atoms. The van der Waals surface area contributed by atoms with Crippen molar-refractivity contribution in [1.29, 1.82) is 0 Å². The van der Waals surface area contributed by atoms with Crippen LogP contribution in [0.2, 0.25) is 5.02 Å². The van der Waals surface area contributed by atoms with E-state index in [2.05, 4.69) is 5.32 Å². The predicted molar refractivity (Wildman–Crippen MR) is 105 cm³/mol. The zero-order valence-electron chi connectivity index (χ0n) is 16.1. The number of rotatable bonds is 8. The van der Waals surface area contributed by atoms with Gasteiger partial charge in [0, 0.05) is 10.3 Å². The summed E-state index contributed by atoms with van der Waals surface area (Å²) in [6.07, 6.45) is 1.18. The van der Waals surface area contributed by atoms with E-state index in [0.29, 0.717) is 11.3 Å². The summed E-state index contributed by atoms with van der Waals surface area (Å²) >= 11 is 7.28. The smallest absolute Gasteiger partial charge is 0.319 e. The van der Waals surface area contributed by atoms with Crippen molar-refractivity contribution in [3.05, 3.63) is 23.0 Å². The van der Waals surface area contributed by atoms with Gasteiger partial charge in [-0.3, -0.25) is 9.59 Å². The van der Waals surface area contributed by atoms with Crippen molar-refractivity contribution in [2.75, 3.05) is 5.32 Å². The van der Waals surface area contributed by atoms with Crippen LogP contribution in [-0.2, 0) is 14.3 Å². The Morgan fingerprint density at radius 3 is 2.46 bits per heavy atom. The predicted octanol–water partition coefficient (Wildman–Crippen LogP) is 5.68. The molecule has 2 atom stereocenters. The van der Waals surface area contributed by atoms with Crippen molar-refractivity contribution in [3.63, 3.8) is 0 Å². The molecular weight excluding hydrogens is 377 g/mol. The summed E-state index contributed by atoms with van der Waals surface area (Å²) in [7, 11) is 0. The third-order valence-corrected chi connectivity index (χ3v) is 5.86. The van der Waals surface area contributed by atoms with E-state index >= 15 is 0 Å². The monoisotopic (exact) mass is 403 g/mol. The van der Waals surface area contributed by atoms with Crippen LogP contribution >= 0.6 is 23.4 Å². The first-order valence-electron chi connectivity index (χ1n) is 8.69. The maximum absolute atomic E-state index is 14.2. The van der Waals surface area contributed by atoms with E-state index < -0.39 is 16.5 Å². The van der Waals surface area contributed by atoms with Gasteiger partial charge in [-0.1, -0.05) is 39.3 Å². The van der Waals surface area contributed by atoms with Crippen molar-refractivity contribution in [1.82, 2.24) is 0 Å². The molecule has 0 bridgehead atoms. The van der Waals surface area contributed by atoms with Gasteiger partial charge in [-0.05, 0) is 38.8 Å². The Morgan fingerprint density at radius 2 is 1.92 bits per heavy atom. The molecule has 0 saturated heterocycles. The summed E-state index contributed by atoms with van der Waals surface area (Å²) in [5, 5.41) is 2.28. The van der Waals surface area contributed by atoms with Gasteiger partial charge in [-0.25, -0.2) is 4.39 Å². The number of carbonyl (C=O) groups excluding carboxylic acids is 2. The lowest BCUT2D eigenvalue weighted by Crippen LogP contribution is -2.30. The Labute approximate surface area is 164 Å². The first kappa shape index (κ1) is 22.8. The Bertz CT molecular complexity index is 666. The number of hydrogen-bond acceptors (Lipinski definition) is 4. The normalized spacial score (nSPS) is 13.8. The number of thioether (sulfide) groups is 1. The molecule has 0 aromatic heterocycles. The van der Waals surface area contributed by atoms with Gasteiger partial charge < -0.3 is 10.1 Å². The second-order valence-electron chi connectivity index (χ2n) is 6.87. The van der Waals surface area contributed by atoms with Crippen LogP contribution < -0.4 is 5.32 Å². The lowest BCUT2D eigenvalue weighted by molar-refractivity contribution is -0.147. The van der Waals surface area contributed by atoms with E-state index in [0.717, 1.165) is 12.5 Å². The van der Waals surface area contributed by atoms with Crippen LogP contribution in [-0.4, -0.2) is 23.2 Å². The quantitative estimate of drug-likeness (QED) is 0.448. The molecule has 0 aliphatic rings. The molecular formula is C19H27ClFNO3S. The van der Waals surface area contributed by atoms with Crippen molar-refractivity contribution in [2.45, 2.75) is 70.6 Å². The second-order valence-corrected chi connectivity index (χ2v) is 8.66. The fourth-order valence-corrected chi connectivity index (χ4v) is 2.96. The lowest BCUT2D eigenvalue weighted by atomic mass is 9.89. The molecule has 0 radical (unpaired) electrons. The summed E-state index contributed by atoms with van der Waals surface area (Å²) < 4.78 is 19.5. The second kappa shape index (κ2) is 9.60. The summed E-state index contributed by atoms with van der Waals surface area (Å²) in [6.45, 7) is 10.9. The molecule has 0 aliphatic carbocycles. The number of anilines is 1. The number of halogens is 2. The molecule has 1 aromatic rings. The van der Waals surface area contributed by atoms with E-state index in [1.807, 2.05) is 20.8 Å². The molecule has 1 amide bonds. The van der Waals surface area contributed by atoms with E-state index in [4.69, 9.17) is 16.3 Å². The number of carbonyl (C=O) groups is 2. The molecule has 7 heteroatoms. The third kappa shape index (κ3) is 6.16. The van der Waals surface area contributed by atoms with Gasteiger partial charge in [-0.15, -0.1) is 11.8 Å². The lowest BCUT2D eigenvalue weighted by Gasteiger charge is -2.22. The van der Waals surface area contributed by atoms with Crippen molar-refractivity contribution < 1.29 is 18.7 Å². The minimum absolute atomic E-state index is 0.0471. The Hall–Kier alpha value is -1.27. The fraction of sp³-hybridized carbons (Fsp3) is 0.579. The zero-order chi connectivity index (χ0) is 20.1. The number of ether oxygens (including phenoxy) is 1. The molecule has 146 valence electrons. The highest BCUT2D eigenvalue weighted by molar-refractivity contribution is 8.00. The number of esters is 1. The van der Waals surface area contributed by atoms with Crippen LogP contribution in [0.3, 0.4) is 0 Å². The van der Waals surface area contributed by atoms with Crippen LogP contribution in [0.4, 0.5) is 10.1 Å². The average Bonchev–Trinajstić information content (AvgIpc) is 2.58. The molecule has 0 saturated carbocycles. The van der Waals surface area contributed by atoms with E-state index in [1.165, 1.54) is 17.8 Å². The van der Waals surface area contributed by atoms with Gasteiger partial charge in [0.1, 0.15) is 11.1 Å². The van der Waals surface area contributed by atoms with Crippen LogP contribution in [0, 0.1) is 11.2 Å². The van der Waals surface area contributed by atoms with E-state index in [-0.39, 0.29) is 28.7 Å². The zero-order valence-corrected chi connectivity index (χ0v) is 17.7. The Balaban J connectivity index is 2.97. The molecule has 1 rings (SSSR count). The Kier molecular flexibility index (Phi) is 8.41. The first-order valence-corrected chi connectivity index (χ1v) is 9.95. The van der Waals surface area contributed by atoms with E-state index in [9.17, 15) is 14.0 Å². The summed E-state index contributed by atoms with van der Waals surface area (Å²) in [5.41, 5.74) is -0.571. The van der Waals surface area contributed by atoms with Gasteiger partial charge in [0.25, 0.3) is 0 Å². The van der Waals surface area contributed by atoms with Crippen molar-refractivity contribution in [3.8, 4) is 0 Å². The minimum Gasteiger partial charge on any atom is -0.462 e. The maximum Gasteiger partial charge on any atom is 0.319 e. The van der Waals surface area contributed by atoms with Gasteiger partial charge in [0.05, 0.1) is 16.8 Å². The van der Waals surface area contributed by atoms with Gasteiger partial charge in [0.2, 0.25) is 5.91 Å². The highest BCUT2D eigenvalue weighted by atomic mass is 35.5. The maximum atomic E-state index is 14.2. The molecule has 2 unspecified atom stereocenters. The number of amides is 1. The Morgan fingerprint density at radius 1 is 1.31 bits per heavy atom. The van der Waals surface area contributed by atoms with Crippen LogP contribution in [0.5, 0.6) is 0 Å². The number of hydrogen-bond donors (Lipinski definition) is 1. The third-order valence-electron chi connectivity index (χ3n) is 4.30. The van der Waals surface area contributed by atoms with Crippen LogP contribution in [0.25, 0.3) is 0 Å². The largest absolute Gasteiger partial charge is 0.462 e. The molecule has 4 nitrogen and oxygen atoms in total. The summed E-state index contributed by atoms with van der Waals surface area (Å²) in [5.74, 6) is -1.25. The van der Waals surface area contributed by atoms with Crippen LogP contribution in [0.15, 0.2) is 17.0 Å². The highest BCUT2D eigenvalue weighted by Crippen LogP contribution is 2.35. The molecule has 1 aromatic carbocycles. The van der Waals surface area contributed by atoms with Gasteiger partial charge in [-0.2, -0.15) is 0 Å². The first-order chi connectivity index (χ1) is 12.0. The topological polar surface area (TPSA) is 55.4 Å². The fourth-order valence-electron chi connectivity index (χ4n) is 1.78. The summed E-state index contributed by atoms with van der Waals surface area (Å²) in [4.78, 5) is 24.9. The summed E-state index contributed by atoms with van der Waals surface area (Å²) in [6, 6.07) is 2.60. The average molecular weight is 404 g/mol. The van der Waals surface area contributed by atoms with Crippen molar-refractivity contribution in [2.24, 2.45) is 5.41 Å². The molecule has 1 N–H and O–H groups in total. The number of benzene rings is 1. The number of nitrogens with one attached hydrogen (secondary N) is 1. The molecule has 26 heavy (non-hydrogen) atoms. The van der Waals surface area contributed by atoms with E-state index in [1.54, 1.807) is 20.8 Å². The minimum atomic E-state index is -0.618. The standard InChI is InChI=1S/C19H27ClFNO3S/c1-7-11(3)25-17(23)12(4)26-16-10-15(14(21)9-13(16)20)22-18(24)19(5,6)8-2/h9-12H,7-8H2,1-6H3,(H,22,24). The molecule has 0 fully saturated rings. The SMILES string of the molecule is CCC(C)OC(=O)C(C)Sc1cc(NC(=O)C(C)(C)CC)c(F)cc1Cl. The highest BCUT2D eigenvalue weighted by Gasteiger charge is 2.27. The van der Waals surface area contributed by atoms with Crippen LogP contribution in [0.1, 0.15) is 54.4 Å². The van der Waals surface area contributed by atoms with Gasteiger partial charge >= 0.3 is 5.97 Å². The molecule has 0 aliphatic heterocycles.